The Morgan fingerprint density at radius 3 is 2.72 bits per heavy atom. The Hall–Kier alpha value is -3.30. The minimum atomic E-state index is -0.723. The van der Waals surface area contributed by atoms with E-state index in [2.05, 4.69) is 6.07 Å². The zero-order valence-corrected chi connectivity index (χ0v) is 18.5. The molecule has 4 rings (SSSR count). The summed E-state index contributed by atoms with van der Waals surface area (Å²) < 4.78 is 25.9. The summed E-state index contributed by atoms with van der Waals surface area (Å²) in [5, 5.41) is 10.1. The Labute approximate surface area is 190 Å². The quantitative estimate of drug-likeness (QED) is 0.661. The first-order valence-corrected chi connectivity index (χ1v) is 10.6. The molecule has 0 saturated carbocycles. The summed E-state index contributed by atoms with van der Waals surface area (Å²) in [6, 6.07) is 13.6. The number of nitriles is 1. The number of benzene rings is 2. The van der Waals surface area contributed by atoms with Gasteiger partial charge >= 0.3 is 0 Å². The van der Waals surface area contributed by atoms with Crippen LogP contribution in [-0.2, 0) is 16.1 Å². The van der Waals surface area contributed by atoms with E-state index in [1.54, 1.807) is 30.3 Å². The molecule has 1 atom stereocenters. The Kier molecular flexibility index (Phi) is 5.70. The number of allylic oxidation sites excluding steroid dienone is 3. The number of halogens is 2. The third-order valence-electron chi connectivity index (χ3n) is 5.74. The van der Waals surface area contributed by atoms with E-state index in [0.29, 0.717) is 35.5 Å². The van der Waals surface area contributed by atoms with Crippen molar-refractivity contribution in [2.75, 3.05) is 0 Å². The number of ether oxygens (including phenoxy) is 2. The number of nitrogens with two attached hydrogens (primary N) is 1. The normalized spacial score (nSPS) is 19.8. The molecular weight excluding hydrogens is 431 g/mol. The molecule has 0 unspecified atom stereocenters. The topological polar surface area (TPSA) is 85.3 Å². The summed E-state index contributed by atoms with van der Waals surface area (Å²) in [5.74, 6) is -0.414. The van der Waals surface area contributed by atoms with E-state index in [4.69, 9.17) is 26.8 Å². The smallest absolute Gasteiger partial charge is 0.205 e. The first-order chi connectivity index (χ1) is 15.2. The highest BCUT2D eigenvalue weighted by Crippen LogP contribution is 2.49. The number of nitrogens with zero attached hydrogens (tertiary/aromatic N) is 1. The van der Waals surface area contributed by atoms with Gasteiger partial charge in [-0.1, -0.05) is 49.7 Å². The van der Waals surface area contributed by atoms with Crippen molar-refractivity contribution < 1.29 is 18.7 Å². The molecule has 1 aliphatic carbocycles. The van der Waals surface area contributed by atoms with Crippen molar-refractivity contribution in [1.29, 1.82) is 5.26 Å². The van der Waals surface area contributed by atoms with Gasteiger partial charge in [0.15, 0.2) is 5.78 Å². The first-order valence-electron chi connectivity index (χ1n) is 10.2. The molecule has 0 spiro atoms. The molecule has 0 saturated heterocycles. The van der Waals surface area contributed by atoms with Crippen molar-refractivity contribution in [3.8, 4) is 11.8 Å². The van der Waals surface area contributed by atoms with Gasteiger partial charge in [0.1, 0.15) is 35.6 Å². The highest BCUT2D eigenvalue weighted by molar-refractivity contribution is 6.31. The van der Waals surface area contributed by atoms with E-state index in [0.717, 1.165) is 0 Å². The van der Waals surface area contributed by atoms with Gasteiger partial charge in [-0.05, 0) is 23.6 Å². The molecule has 5 nitrogen and oxygen atoms in total. The average molecular weight is 453 g/mol. The lowest BCUT2D eigenvalue weighted by molar-refractivity contribution is -0.119. The van der Waals surface area contributed by atoms with Crippen molar-refractivity contribution in [2.45, 2.75) is 39.2 Å². The van der Waals surface area contributed by atoms with Crippen LogP contribution in [0.4, 0.5) is 4.39 Å². The molecule has 0 aromatic heterocycles. The van der Waals surface area contributed by atoms with Crippen LogP contribution in [0.25, 0.3) is 0 Å². The fourth-order valence-corrected chi connectivity index (χ4v) is 4.48. The van der Waals surface area contributed by atoms with Crippen LogP contribution in [-0.4, -0.2) is 5.78 Å². The Bertz CT molecular complexity index is 1190. The van der Waals surface area contributed by atoms with Crippen molar-refractivity contribution in [3.63, 3.8) is 0 Å². The van der Waals surface area contributed by atoms with Gasteiger partial charge < -0.3 is 15.2 Å². The number of carbonyl (C=O) groups is 1. The van der Waals surface area contributed by atoms with Gasteiger partial charge in [-0.25, -0.2) is 4.39 Å². The third-order valence-corrected chi connectivity index (χ3v) is 6.09. The number of rotatable bonds is 4. The molecule has 2 aliphatic rings. The highest BCUT2D eigenvalue weighted by Gasteiger charge is 2.43. The molecule has 0 radical (unpaired) electrons. The third kappa shape index (κ3) is 3.96. The maximum absolute atomic E-state index is 14.2. The summed E-state index contributed by atoms with van der Waals surface area (Å²) >= 11 is 6.13. The fourth-order valence-electron chi connectivity index (χ4n) is 4.27. The van der Waals surface area contributed by atoms with Crippen molar-refractivity contribution in [2.24, 2.45) is 11.1 Å². The molecule has 164 valence electrons. The molecule has 7 heteroatoms. The number of hydrogen-bond acceptors (Lipinski definition) is 5. The zero-order chi connectivity index (χ0) is 23.0. The fraction of sp³-hybridized carbons (Fsp3) is 0.280. The molecule has 32 heavy (non-hydrogen) atoms. The molecule has 0 bridgehead atoms. The lowest BCUT2D eigenvalue weighted by Gasteiger charge is -2.37. The Morgan fingerprint density at radius 1 is 1.25 bits per heavy atom. The van der Waals surface area contributed by atoms with Crippen LogP contribution < -0.4 is 10.5 Å². The predicted molar refractivity (Wildman–Crippen MR) is 118 cm³/mol. The second kappa shape index (κ2) is 8.33. The van der Waals surface area contributed by atoms with Crippen LogP contribution in [0.15, 0.2) is 65.3 Å². The number of Topliss-reactive ketones (excluding diaryl/α,β-unsaturated/α-hetero) is 1. The summed E-state index contributed by atoms with van der Waals surface area (Å²) in [4.78, 5) is 13.2. The maximum atomic E-state index is 14.2. The van der Waals surface area contributed by atoms with Gasteiger partial charge in [-0.15, -0.1) is 0 Å². The summed E-state index contributed by atoms with van der Waals surface area (Å²) in [6.45, 7) is 3.86. The monoisotopic (exact) mass is 452 g/mol. The summed E-state index contributed by atoms with van der Waals surface area (Å²) in [7, 11) is 0. The van der Waals surface area contributed by atoms with Crippen LogP contribution in [0, 0.1) is 22.6 Å². The second-order valence-electron chi connectivity index (χ2n) is 8.73. The standard InChI is InChI=1S/C25H22ClFN2O3/c1-25(2)10-19(30)23-21(11-25)32-24(29)15(12-28)22(23)14-6-3-4-9-20(14)31-13-16-17(26)7-5-8-18(16)27/h3-9,22H,10-11,13,29H2,1-2H3/t22-/m1/s1. The molecule has 2 N–H and O–H groups in total. The van der Waals surface area contributed by atoms with E-state index in [-0.39, 0.29) is 39.8 Å². The molecule has 1 heterocycles. The van der Waals surface area contributed by atoms with Crippen molar-refractivity contribution in [1.82, 2.24) is 0 Å². The first kappa shape index (κ1) is 21.9. The lowest BCUT2D eigenvalue weighted by atomic mass is 9.70. The molecule has 0 fully saturated rings. The average Bonchev–Trinajstić information content (AvgIpc) is 2.72. The number of carbonyl (C=O) groups excluding carboxylic acids is 1. The summed E-state index contributed by atoms with van der Waals surface area (Å²) in [6.07, 6.45) is 0.857. The minimum absolute atomic E-state index is 0.0197. The zero-order valence-electron chi connectivity index (χ0n) is 17.7. The number of para-hydroxylation sites is 1. The van der Waals surface area contributed by atoms with E-state index in [1.165, 1.54) is 12.1 Å². The van der Waals surface area contributed by atoms with Crippen LogP contribution in [0.1, 0.15) is 43.7 Å². The van der Waals surface area contributed by atoms with E-state index < -0.39 is 11.7 Å². The molecular formula is C25H22ClFN2O3. The van der Waals surface area contributed by atoms with Gasteiger partial charge in [-0.3, -0.25) is 4.79 Å². The van der Waals surface area contributed by atoms with Crippen LogP contribution in [0.3, 0.4) is 0 Å². The number of hydrogen-bond donors (Lipinski definition) is 1. The Morgan fingerprint density at radius 2 is 2.00 bits per heavy atom. The van der Waals surface area contributed by atoms with Crippen molar-refractivity contribution >= 4 is 17.4 Å². The SMILES string of the molecule is CC1(C)CC(=O)C2=C(C1)OC(N)=C(C#N)[C@H]2c1ccccc1OCc1c(F)cccc1Cl. The van der Waals surface area contributed by atoms with Gasteiger partial charge in [-0.2, -0.15) is 5.26 Å². The second-order valence-corrected chi connectivity index (χ2v) is 9.14. The van der Waals surface area contributed by atoms with Crippen molar-refractivity contribution in [3.05, 3.63) is 87.2 Å². The largest absolute Gasteiger partial charge is 0.488 e. The van der Waals surface area contributed by atoms with Gasteiger partial charge in [0.25, 0.3) is 0 Å². The lowest BCUT2D eigenvalue weighted by Crippen LogP contribution is -2.33. The van der Waals surface area contributed by atoms with E-state index in [9.17, 15) is 14.4 Å². The minimum Gasteiger partial charge on any atom is -0.488 e. The van der Waals surface area contributed by atoms with Crippen LogP contribution in [0.5, 0.6) is 5.75 Å². The van der Waals surface area contributed by atoms with E-state index in [1.807, 2.05) is 13.8 Å². The van der Waals surface area contributed by atoms with Gasteiger partial charge in [0.05, 0.1) is 10.9 Å². The Balaban J connectivity index is 1.78. The van der Waals surface area contributed by atoms with Gasteiger partial charge in [0.2, 0.25) is 5.88 Å². The van der Waals surface area contributed by atoms with Gasteiger partial charge in [0, 0.05) is 29.5 Å². The maximum Gasteiger partial charge on any atom is 0.205 e. The van der Waals surface area contributed by atoms with Crippen LogP contribution >= 0.6 is 11.6 Å². The molecule has 2 aromatic rings. The number of ketones is 1. The molecule has 2 aromatic carbocycles. The summed E-state index contributed by atoms with van der Waals surface area (Å²) in [5.41, 5.74) is 7.21. The van der Waals surface area contributed by atoms with Crippen LogP contribution in [0.2, 0.25) is 5.02 Å². The predicted octanol–water partition coefficient (Wildman–Crippen LogP) is 5.51. The highest BCUT2D eigenvalue weighted by atomic mass is 35.5. The van der Waals surface area contributed by atoms with E-state index >= 15 is 0 Å². The molecule has 0 amide bonds. The molecule has 1 aliphatic heterocycles.